The zero-order valence-corrected chi connectivity index (χ0v) is 24.9. The highest BCUT2D eigenvalue weighted by Gasteiger charge is 2.45. The molecule has 2 atom stereocenters. The number of carbonyl (C=O) groups excluding carboxylic acids is 1. The predicted octanol–water partition coefficient (Wildman–Crippen LogP) is 3.93. The lowest BCUT2D eigenvalue weighted by molar-refractivity contribution is -0.189. The molecule has 0 aliphatic carbocycles. The number of imidazole rings is 1. The number of aromatic nitrogens is 2. The van der Waals surface area contributed by atoms with E-state index in [2.05, 4.69) is 32.2 Å². The second-order valence-corrected chi connectivity index (χ2v) is 11.3. The Morgan fingerprint density at radius 3 is 2.61 bits per heavy atom. The van der Waals surface area contributed by atoms with Gasteiger partial charge in [0.2, 0.25) is 5.79 Å². The summed E-state index contributed by atoms with van der Waals surface area (Å²) in [5, 5.41) is 3.95. The average Bonchev–Trinajstić information content (AvgIpc) is 3.63. The number of ether oxygens (including phenoxy) is 3. The van der Waals surface area contributed by atoms with Gasteiger partial charge in [-0.15, -0.1) is 0 Å². The van der Waals surface area contributed by atoms with Crippen LogP contribution in [0.15, 0.2) is 61.2 Å². The van der Waals surface area contributed by atoms with Gasteiger partial charge < -0.3 is 33.9 Å². The molecule has 0 unspecified atom stereocenters. The number of benzene rings is 2. The Labute approximate surface area is 250 Å². The molecule has 41 heavy (non-hydrogen) atoms. The minimum absolute atomic E-state index is 0.0577. The monoisotopic (exact) mass is 602 g/mol. The lowest BCUT2D eigenvalue weighted by atomic mass is 10.1. The van der Waals surface area contributed by atoms with E-state index in [0.717, 1.165) is 44.2 Å². The van der Waals surface area contributed by atoms with E-state index in [1.54, 1.807) is 43.7 Å². The Kier molecular flexibility index (Phi) is 9.57. The fourth-order valence-electron chi connectivity index (χ4n) is 5.03. The number of nitrogens with zero attached hydrogens (tertiary/aromatic N) is 5. The summed E-state index contributed by atoms with van der Waals surface area (Å²) in [5.41, 5.74) is 1.87. The van der Waals surface area contributed by atoms with Crippen molar-refractivity contribution in [1.29, 1.82) is 0 Å². The number of anilines is 1. The molecule has 3 heterocycles. The van der Waals surface area contributed by atoms with Crippen molar-refractivity contribution in [2.45, 2.75) is 18.4 Å². The van der Waals surface area contributed by atoms with Crippen molar-refractivity contribution < 1.29 is 19.0 Å². The highest BCUT2D eigenvalue weighted by Crippen LogP contribution is 2.40. The zero-order chi connectivity index (χ0) is 28.8. The zero-order valence-electron chi connectivity index (χ0n) is 23.3. The topological polar surface area (TPSA) is 84.3 Å². The molecule has 0 spiro atoms. The highest BCUT2D eigenvalue weighted by molar-refractivity contribution is 6.35. The minimum Gasteiger partial charge on any atom is -0.491 e. The summed E-state index contributed by atoms with van der Waals surface area (Å²) in [6, 6.07) is 13.4. The van der Waals surface area contributed by atoms with Gasteiger partial charge in [0.25, 0.3) is 0 Å². The smallest absolute Gasteiger partial charge is 0.316 e. The molecular weight excluding hydrogens is 567 g/mol. The van der Waals surface area contributed by atoms with Crippen molar-refractivity contribution in [2.75, 3.05) is 71.5 Å². The third-order valence-corrected chi connectivity index (χ3v) is 7.82. The van der Waals surface area contributed by atoms with Gasteiger partial charge in [0.05, 0.1) is 24.5 Å². The van der Waals surface area contributed by atoms with Gasteiger partial charge in [-0.1, -0.05) is 29.3 Å². The quantitative estimate of drug-likeness (QED) is 0.376. The van der Waals surface area contributed by atoms with Crippen molar-refractivity contribution in [2.24, 2.45) is 0 Å². The van der Waals surface area contributed by atoms with Crippen LogP contribution in [-0.4, -0.2) is 98.1 Å². The summed E-state index contributed by atoms with van der Waals surface area (Å²) in [4.78, 5) is 22.1. The van der Waals surface area contributed by atoms with Crippen LogP contribution in [0.1, 0.15) is 5.56 Å². The molecule has 2 amide bonds. The first-order valence-electron chi connectivity index (χ1n) is 13.7. The van der Waals surface area contributed by atoms with E-state index in [0.29, 0.717) is 41.9 Å². The summed E-state index contributed by atoms with van der Waals surface area (Å²) in [6.45, 7) is 6.34. The maximum atomic E-state index is 11.7. The van der Waals surface area contributed by atoms with Crippen LogP contribution in [0.25, 0.3) is 0 Å². The molecule has 3 aromatic rings. The Bertz CT molecular complexity index is 1280. The molecule has 0 bridgehead atoms. The van der Waals surface area contributed by atoms with Crippen molar-refractivity contribution in [3.63, 3.8) is 0 Å². The van der Waals surface area contributed by atoms with Crippen LogP contribution in [-0.2, 0) is 21.8 Å². The highest BCUT2D eigenvalue weighted by atomic mass is 35.5. The molecule has 1 N–H and O–H groups in total. The van der Waals surface area contributed by atoms with Gasteiger partial charge in [0, 0.05) is 82.0 Å². The van der Waals surface area contributed by atoms with Crippen LogP contribution in [0.3, 0.4) is 0 Å². The number of piperazine rings is 1. The van der Waals surface area contributed by atoms with Gasteiger partial charge in [0.15, 0.2) is 0 Å². The van der Waals surface area contributed by atoms with Crippen molar-refractivity contribution in [3.8, 4) is 5.75 Å². The second kappa shape index (κ2) is 13.3. The van der Waals surface area contributed by atoms with Crippen LogP contribution in [0.5, 0.6) is 5.75 Å². The number of carbonyl (C=O) groups is 1. The first kappa shape index (κ1) is 29.5. The van der Waals surface area contributed by atoms with Gasteiger partial charge in [-0.3, -0.25) is 4.90 Å². The van der Waals surface area contributed by atoms with Crippen LogP contribution >= 0.6 is 23.2 Å². The molecule has 2 saturated heterocycles. The lowest BCUT2D eigenvalue weighted by Gasteiger charge is -2.36. The van der Waals surface area contributed by atoms with Crippen molar-refractivity contribution in [3.05, 3.63) is 76.8 Å². The maximum absolute atomic E-state index is 11.7. The predicted molar refractivity (Wildman–Crippen MR) is 159 cm³/mol. The number of amides is 2. The standard InChI is InChI=1S/C29H36Cl2N6O4/c1-34(2)28(38)33-10-12-35-13-15-37(16-14-35)23-4-6-24(7-5-23)39-18-25-19-40-29(41-25,20-36-11-9-32-21-36)26-8-3-22(30)17-27(26)31/h3-9,11,17,21,25H,10,12-16,18-20H2,1-2H3,(H,33,38)/t25-,29-/m1/s1. The molecular formula is C29H36Cl2N6O4. The van der Waals surface area contributed by atoms with E-state index in [1.807, 2.05) is 29.0 Å². The number of hydrogen-bond acceptors (Lipinski definition) is 7. The summed E-state index contributed by atoms with van der Waals surface area (Å²) >= 11 is 12.7. The van der Waals surface area contributed by atoms with E-state index < -0.39 is 5.79 Å². The third kappa shape index (κ3) is 7.44. The number of rotatable bonds is 10. The second-order valence-electron chi connectivity index (χ2n) is 10.4. The van der Waals surface area contributed by atoms with E-state index in [-0.39, 0.29) is 12.1 Å². The summed E-state index contributed by atoms with van der Waals surface area (Å²) < 4.78 is 20.7. The van der Waals surface area contributed by atoms with E-state index in [4.69, 9.17) is 37.4 Å². The Morgan fingerprint density at radius 2 is 1.93 bits per heavy atom. The molecule has 1 aromatic heterocycles. The molecule has 5 rings (SSSR count). The first-order valence-corrected chi connectivity index (χ1v) is 14.5. The molecule has 2 aliphatic heterocycles. The molecule has 12 heteroatoms. The van der Waals surface area contributed by atoms with E-state index >= 15 is 0 Å². The van der Waals surface area contributed by atoms with Crippen molar-refractivity contribution >= 4 is 34.9 Å². The van der Waals surface area contributed by atoms with Gasteiger partial charge in [0.1, 0.15) is 18.5 Å². The number of urea groups is 1. The van der Waals surface area contributed by atoms with Crippen LogP contribution in [0.4, 0.5) is 10.5 Å². The molecule has 2 aromatic carbocycles. The average molecular weight is 604 g/mol. The summed E-state index contributed by atoms with van der Waals surface area (Å²) in [7, 11) is 3.49. The van der Waals surface area contributed by atoms with Gasteiger partial charge in [-0.2, -0.15) is 0 Å². The Morgan fingerprint density at radius 1 is 1.15 bits per heavy atom. The summed E-state index contributed by atoms with van der Waals surface area (Å²) in [5.74, 6) is -0.315. The summed E-state index contributed by atoms with van der Waals surface area (Å²) in [6.07, 6.45) is 5.00. The SMILES string of the molecule is CN(C)C(=O)NCCN1CCN(c2ccc(OC[C@@H]3CO[C@@](Cn4ccnc4)(c4ccc(Cl)cc4Cl)O3)cc2)CC1. The Hall–Kier alpha value is -3.02. The van der Waals surface area contributed by atoms with Crippen LogP contribution in [0.2, 0.25) is 10.0 Å². The molecule has 0 radical (unpaired) electrons. The first-order chi connectivity index (χ1) is 19.8. The number of nitrogens with one attached hydrogen (secondary N) is 1. The lowest BCUT2D eigenvalue weighted by Crippen LogP contribution is -2.49. The number of hydrogen-bond donors (Lipinski definition) is 1. The third-order valence-electron chi connectivity index (χ3n) is 7.27. The molecule has 2 aliphatic rings. The maximum Gasteiger partial charge on any atom is 0.316 e. The molecule has 220 valence electrons. The van der Waals surface area contributed by atoms with E-state index in [1.165, 1.54) is 0 Å². The molecule has 0 saturated carbocycles. The normalized spacial score (nSPS) is 21.2. The van der Waals surface area contributed by atoms with E-state index in [9.17, 15) is 4.79 Å². The van der Waals surface area contributed by atoms with Gasteiger partial charge >= 0.3 is 6.03 Å². The minimum atomic E-state index is -1.08. The number of halogens is 2. The van der Waals surface area contributed by atoms with Gasteiger partial charge in [-0.05, 0) is 36.4 Å². The van der Waals surface area contributed by atoms with Crippen LogP contribution in [0, 0.1) is 0 Å². The molecule has 10 nitrogen and oxygen atoms in total. The fraction of sp³-hybridized carbons (Fsp3) is 0.448. The fourth-order valence-corrected chi connectivity index (χ4v) is 5.58. The Balaban J connectivity index is 1.12. The largest absolute Gasteiger partial charge is 0.491 e. The van der Waals surface area contributed by atoms with Gasteiger partial charge in [-0.25, -0.2) is 9.78 Å². The van der Waals surface area contributed by atoms with Crippen molar-refractivity contribution in [1.82, 2.24) is 24.7 Å². The molecule has 2 fully saturated rings. The van der Waals surface area contributed by atoms with Crippen LogP contribution < -0.4 is 15.0 Å².